The zero-order chi connectivity index (χ0) is 16.1. The van der Waals surface area contributed by atoms with Gasteiger partial charge in [0.05, 0.1) is 11.8 Å². The topological polar surface area (TPSA) is 42.4 Å². The lowest BCUT2D eigenvalue weighted by atomic mass is 10.1. The van der Waals surface area contributed by atoms with Crippen molar-refractivity contribution in [2.24, 2.45) is 0 Å². The summed E-state index contributed by atoms with van der Waals surface area (Å²) in [6.45, 7) is 1.46. The molecule has 1 aromatic heterocycles. The fraction of sp³-hybridized carbons (Fsp3) is 0.333. The molecule has 0 N–H and O–H groups in total. The second-order valence-electron chi connectivity index (χ2n) is 5.50. The molecular formula is C18H20N2O2S. The van der Waals surface area contributed by atoms with Crippen LogP contribution in [-0.2, 0) is 0 Å². The maximum absolute atomic E-state index is 12.7. The van der Waals surface area contributed by atoms with E-state index in [-0.39, 0.29) is 12.0 Å². The third-order valence-corrected chi connectivity index (χ3v) is 4.80. The first-order chi connectivity index (χ1) is 11.3. The Balaban J connectivity index is 1.59. The lowest BCUT2D eigenvalue weighted by Crippen LogP contribution is -2.41. The Hall–Kier alpha value is -2.01. The average molecular weight is 328 g/mol. The summed E-state index contributed by atoms with van der Waals surface area (Å²) in [5.74, 6) is 0.916. The van der Waals surface area contributed by atoms with Gasteiger partial charge in [-0.05, 0) is 30.5 Å². The highest BCUT2D eigenvalue weighted by molar-refractivity contribution is 7.98. The molecule has 0 bridgehead atoms. The van der Waals surface area contributed by atoms with Gasteiger partial charge in [0.15, 0.2) is 0 Å². The molecule has 0 radical (unpaired) electrons. The smallest absolute Gasteiger partial charge is 0.254 e. The first kappa shape index (κ1) is 15.9. The molecule has 0 saturated carbocycles. The third-order valence-electron chi connectivity index (χ3n) is 4.00. The quantitative estimate of drug-likeness (QED) is 0.806. The van der Waals surface area contributed by atoms with E-state index in [2.05, 4.69) is 4.98 Å². The number of hydrogen-bond acceptors (Lipinski definition) is 4. The molecule has 1 saturated heterocycles. The van der Waals surface area contributed by atoms with E-state index in [1.807, 2.05) is 47.6 Å². The Kier molecular flexibility index (Phi) is 5.18. The van der Waals surface area contributed by atoms with Crippen LogP contribution in [0.5, 0.6) is 5.75 Å². The van der Waals surface area contributed by atoms with Crippen LogP contribution >= 0.6 is 11.8 Å². The van der Waals surface area contributed by atoms with Crippen molar-refractivity contribution in [3.05, 3.63) is 54.4 Å². The number of carbonyl (C=O) groups is 1. The molecule has 1 amide bonds. The van der Waals surface area contributed by atoms with Crippen molar-refractivity contribution in [1.29, 1.82) is 0 Å². The van der Waals surface area contributed by atoms with Gasteiger partial charge in [0, 0.05) is 37.0 Å². The number of hydrogen-bond donors (Lipinski definition) is 0. The van der Waals surface area contributed by atoms with Crippen molar-refractivity contribution in [3.63, 3.8) is 0 Å². The average Bonchev–Trinajstić information content (AvgIpc) is 2.62. The molecule has 1 aromatic carbocycles. The van der Waals surface area contributed by atoms with Crippen LogP contribution < -0.4 is 4.74 Å². The number of ether oxygens (including phenoxy) is 1. The Morgan fingerprint density at radius 1 is 1.22 bits per heavy atom. The molecule has 1 aliphatic heterocycles. The molecule has 0 atom stereocenters. The number of likely N-dealkylation sites (tertiary alicyclic amines) is 1. The molecule has 3 rings (SSSR count). The zero-order valence-corrected chi connectivity index (χ0v) is 14.0. The molecule has 2 heterocycles. The summed E-state index contributed by atoms with van der Waals surface area (Å²) < 4.78 is 5.93. The number of pyridine rings is 1. The minimum absolute atomic E-state index is 0.120. The van der Waals surface area contributed by atoms with Crippen LogP contribution in [0.2, 0.25) is 0 Å². The number of amides is 1. The Bertz CT molecular complexity index is 655. The summed E-state index contributed by atoms with van der Waals surface area (Å²) in [6.07, 6.45) is 7.31. The van der Waals surface area contributed by atoms with Gasteiger partial charge in [-0.15, -0.1) is 11.8 Å². The van der Waals surface area contributed by atoms with E-state index in [9.17, 15) is 4.79 Å². The largest absolute Gasteiger partial charge is 0.489 e. The number of carbonyl (C=O) groups excluding carboxylic acids is 1. The molecular weight excluding hydrogens is 308 g/mol. The highest BCUT2D eigenvalue weighted by Crippen LogP contribution is 2.24. The SMILES string of the molecule is CSc1ccccc1C(=O)N1CCC(Oc2cccnc2)CC1. The number of piperidine rings is 1. The van der Waals surface area contributed by atoms with Crippen molar-refractivity contribution in [3.8, 4) is 5.75 Å². The van der Waals surface area contributed by atoms with E-state index in [0.717, 1.165) is 42.1 Å². The number of nitrogens with zero attached hydrogens (tertiary/aromatic N) is 2. The van der Waals surface area contributed by atoms with Gasteiger partial charge < -0.3 is 9.64 Å². The minimum atomic E-state index is 0.120. The number of benzene rings is 1. The Labute approximate surface area is 140 Å². The van der Waals surface area contributed by atoms with E-state index < -0.39 is 0 Å². The van der Waals surface area contributed by atoms with Crippen LogP contribution in [0.3, 0.4) is 0 Å². The van der Waals surface area contributed by atoms with E-state index >= 15 is 0 Å². The molecule has 23 heavy (non-hydrogen) atoms. The van der Waals surface area contributed by atoms with Gasteiger partial charge in [0.1, 0.15) is 11.9 Å². The van der Waals surface area contributed by atoms with Crippen LogP contribution in [0, 0.1) is 0 Å². The van der Waals surface area contributed by atoms with Gasteiger partial charge in [0.2, 0.25) is 0 Å². The first-order valence-electron chi connectivity index (χ1n) is 7.77. The van der Waals surface area contributed by atoms with E-state index in [1.165, 1.54) is 0 Å². The maximum Gasteiger partial charge on any atom is 0.254 e. The summed E-state index contributed by atoms with van der Waals surface area (Å²) in [4.78, 5) is 19.7. The van der Waals surface area contributed by atoms with Crippen molar-refractivity contribution in [2.75, 3.05) is 19.3 Å². The number of rotatable bonds is 4. The highest BCUT2D eigenvalue weighted by Gasteiger charge is 2.25. The lowest BCUT2D eigenvalue weighted by Gasteiger charge is -2.32. The van der Waals surface area contributed by atoms with Gasteiger partial charge in [-0.2, -0.15) is 0 Å². The molecule has 1 fully saturated rings. The molecule has 0 aliphatic carbocycles. The second kappa shape index (κ2) is 7.51. The van der Waals surface area contributed by atoms with Crippen LogP contribution in [-0.4, -0.2) is 41.2 Å². The number of thioether (sulfide) groups is 1. The molecule has 0 unspecified atom stereocenters. The summed E-state index contributed by atoms with van der Waals surface area (Å²) in [7, 11) is 0. The van der Waals surface area contributed by atoms with E-state index in [1.54, 1.807) is 24.2 Å². The van der Waals surface area contributed by atoms with Gasteiger partial charge in [-0.3, -0.25) is 9.78 Å². The van der Waals surface area contributed by atoms with E-state index in [4.69, 9.17) is 4.74 Å². The van der Waals surface area contributed by atoms with Crippen LogP contribution in [0.25, 0.3) is 0 Å². The molecule has 5 heteroatoms. The molecule has 2 aromatic rings. The summed E-state index contributed by atoms with van der Waals surface area (Å²) >= 11 is 1.61. The highest BCUT2D eigenvalue weighted by atomic mass is 32.2. The van der Waals surface area contributed by atoms with Crippen LogP contribution in [0.4, 0.5) is 0 Å². The predicted molar refractivity (Wildman–Crippen MR) is 92.0 cm³/mol. The molecule has 1 aliphatic rings. The number of aromatic nitrogens is 1. The van der Waals surface area contributed by atoms with Gasteiger partial charge >= 0.3 is 0 Å². The van der Waals surface area contributed by atoms with E-state index in [0.29, 0.717) is 0 Å². The van der Waals surface area contributed by atoms with Crippen LogP contribution in [0.1, 0.15) is 23.2 Å². The lowest BCUT2D eigenvalue weighted by molar-refractivity contribution is 0.0592. The zero-order valence-electron chi connectivity index (χ0n) is 13.1. The summed E-state index contributed by atoms with van der Waals surface area (Å²) in [5.41, 5.74) is 0.798. The monoisotopic (exact) mass is 328 g/mol. The van der Waals surface area contributed by atoms with Gasteiger partial charge in [-0.25, -0.2) is 0 Å². The molecule has 4 nitrogen and oxygen atoms in total. The van der Waals surface area contributed by atoms with Crippen molar-refractivity contribution in [2.45, 2.75) is 23.8 Å². The van der Waals surface area contributed by atoms with Crippen LogP contribution in [0.15, 0.2) is 53.7 Å². The minimum Gasteiger partial charge on any atom is -0.489 e. The van der Waals surface area contributed by atoms with Gasteiger partial charge in [-0.1, -0.05) is 12.1 Å². The van der Waals surface area contributed by atoms with Crippen molar-refractivity contribution < 1.29 is 9.53 Å². The Morgan fingerprint density at radius 2 is 2.00 bits per heavy atom. The fourth-order valence-corrected chi connectivity index (χ4v) is 3.37. The third kappa shape index (κ3) is 3.85. The standard InChI is InChI=1S/C18H20N2O2S/c1-23-17-7-3-2-6-16(17)18(21)20-11-8-14(9-12-20)22-15-5-4-10-19-13-15/h2-7,10,13-14H,8-9,11-12H2,1H3. The normalized spacial score (nSPS) is 15.4. The second-order valence-corrected chi connectivity index (χ2v) is 6.35. The summed E-state index contributed by atoms with van der Waals surface area (Å²) in [6, 6.07) is 11.6. The van der Waals surface area contributed by atoms with Crippen molar-refractivity contribution in [1.82, 2.24) is 9.88 Å². The Morgan fingerprint density at radius 3 is 2.70 bits per heavy atom. The molecule has 120 valence electrons. The van der Waals surface area contributed by atoms with Crippen molar-refractivity contribution >= 4 is 17.7 Å². The first-order valence-corrected chi connectivity index (χ1v) is 8.99. The van der Waals surface area contributed by atoms with Gasteiger partial charge in [0.25, 0.3) is 5.91 Å². The summed E-state index contributed by atoms with van der Waals surface area (Å²) in [5, 5.41) is 0. The maximum atomic E-state index is 12.7. The predicted octanol–water partition coefficient (Wildman–Crippen LogP) is 3.49. The fourth-order valence-electron chi connectivity index (χ4n) is 2.78. The molecule has 0 spiro atoms.